The van der Waals surface area contributed by atoms with Gasteiger partial charge in [0.25, 0.3) is 9.84 Å². The third-order valence-electron chi connectivity index (χ3n) is 2.11. The van der Waals surface area contributed by atoms with Gasteiger partial charge in [-0.15, -0.1) is 0 Å². The van der Waals surface area contributed by atoms with Crippen LogP contribution < -0.4 is 0 Å². The first-order chi connectivity index (χ1) is 6.33. The van der Waals surface area contributed by atoms with Gasteiger partial charge in [-0.25, -0.2) is 8.42 Å². The van der Waals surface area contributed by atoms with Crippen LogP contribution in [0.4, 0.5) is 13.2 Å². The molecule has 1 aliphatic carbocycles. The SMILES string of the molecule is O=S(=O)(CC1=CCCCC1)C(F)(F)F. The molecule has 0 fully saturated rings. The Morgan fingerprint density at radius 3 is 2.36 bits per heavy atom. The average molecular weight is 228 g/mol. The summed E-state index contributed by atoms with van der Waals surface area (Å²) in [5.41, 5.74) is -4.72. The van der Waals surface area contributed by atoms with Crippen molar-refractivity contribution in [3.63, 3.8) is 0 Å². The molecule has 0 spiro atoms. The van der Waals surface area contributed by atoms with Gasteiger partial charge in [0.15, 0.2) is 0 Å². The third-order valence-corrected chi connectivity index (χ3v) is 3.57. The molecular formula is C8H11F3O2S. The van der Waals surface area contributed by atoms with Crippen LogP contribution in [-0.2, 0) is 9.84 Å². The molecule has 1 rings (SSSR count). The topological polar surface area (TPSA) is 34.1 Å². The number of allylic oxidation sites excluding steroid dienone is 1. The maximum Gasteiger partial charge on any atom is 0.497 e. The first kappa shape index (κ1) is 11.6. The van der Waals surface area contributed by atoms with E-state index in [1.807, 2.05) is 0 Å². The highest BCUT2D eigenvalue weighted by Crippen LogP contribution is 2.28. The van der Waals surface area contributed by atoms with Crippen LogP contribution in [0.2, 0.25) is 0 Å². The van der Waals surface area contributed by atoms with E-state index in [0.29, 0.717) is 18.4 Å². The van der Waals surface area contributed by atoms with Gasteiger partial charge < -0.3 is 0 Å². The van der Waals surface area contributed by atoms with Crippen LogP contribution >= 0.6 is 0 Å². The van der Waals surface area contributed by atoms with Crippen LogP contribution in [0.3, 0.4) is 0 Å². The van der Waals surface area contributed by atoms with E-state index >= 15 is 0 Å². The van der Waals surface area contributed by atoms with Crippen molar-refractivity contribution in [2.75, 3.05) is 5.75 Å². The summed E-state index contributed by atoms with van der Waals surface area (Å²) in [4.78, 5) is 0. The number of halogens is 3. The van der Waals surface area contributed by atoms with Gasteiger partial charge in [0.05, 0.1) is 5.75 Å². The molecule has 0 radical (unpaired) electrons. The van der Waals surface area contributed by atoms with Gasteiger partial charge in [-0.1, -0.05) is 11.6 Å². The van der Waals surface area contributed by atoms with Crippen molar-refractivity contribution in [3.8, 4) is 0 Å². The van der Waals surface area contributed by atoms with Crippen molar-refractivity contribution >= 4 is 9.84 Å². The third kappa shape index (κ3) is 2.73. The van der Waals surface area contributed by atoms with Crippen LogP contribution in [-0.4, -0.2) is 19.7 Å². The van der Waals surface area contributed by atoms with E-state index in [0.717, 1.165) is 12.8 Å². The molecule has 14 heavy (non-hydrogen) atoms. The maximum atomic E-state index is 12.0. The summed E-state index contributed by atoms with van der Waals surface area (Å²) in [7, 11) is -4.97. The largest absolute Gasteiger partial charge is 0.497 e. The first-order valence-corrected chi connectivity index (χ1v) is 5.95. The molecule has 0 aromatic rings. The molecule has 0 unspecified atom stereocenters. The second kappa shape index (κ2) is 3.92. The number of sulfone groups is 1. The second-order valence-corrected chi connectivity index (χ2v) is 5.29. The van der Waals surface area contributed by atoms with E-state index < -0.39 is 21.1 Å². The molecule has 0 aromatic carbocycles. The van der Waals surface area contributed by atoms with E-state index in [2.05, 4.69) is 0 Å². The Labute approximate surface area is 80.7 Å². The van der Waals surface area contributed by atoms with Gasteiger partial charge in [-0.05, 0) is 25.7 Å². The lowest BCUT2D eigenvalue weighted by atomic mass is 10.0. The Hall–Kier alpha value is -0.520. The van der Waals surface area contributed by atoms with E-state index in [-0.39, 0.29) is 0 Å². The molecule has 1 aliphatic rings. The number of hydrogen-bond donors (Lipinski definition) is 0. The van der Waals surface area contributed by atoms with Crippen molar-refractivity contribution in [1.82, 2.24) is 0 Å². The monoisotopic (exact) mass is 228 g/mol. The number of hydrogen-bond acceptors (Lipinski definition) is 2. The van der Waals surface area contributed by atoms with Gasteiger partial charge in [0.2, 0.25) is 0 Å². The second-order valence-electron chi connectivity index (χ2n) is 3.31. The minimum atomic E-state index is -5.12. The standard InChI is InChI=1S/C8H11F3O2S/c9-8(10,11)14(12,13)6-7-4-2-1-3-5-7/h4H,1-3,5-6H2. The summed E-state index contributed by atoms with van der Waals surface area (Å²) in [6, 6.07) is 0. The Kier molecular flexibility index (Phi) is 3.24. The summed E-state index contributed by atoms with van der Waals surface area (Å²) in [5.74, 6) is -0.865. The fourth-order valence-electron chi connectivity index (χ4n) is 1.36. The zero-order valence-electron chi connectivity index (χ0n) is 7.47. The normalized spacial score (nSPS) is 19.2. The molecule has 0 aromatic heterocycles. The molecule has 0 bridgehead atoms. The molecule has 0 saturated heterocycles. The number of alkyl halides is 3. The van der Waals surface area contributed by atoms with Crippen LogP contribution in [0.5, 0.6) is 0 Å². The lowest BCUT2D eigenvalue weighted by molar-refractivity contribution is -0.0433. The predicted molar refractivity (Wildman–Crippen MR) is 46.4 cm³/mol. The molecule has 82 valence electrons. The molecule has 0 aliphatic heterocycles. The van der Waals surface area contributed by atoms with Gasteiger partial charge in [0.1, 0.15) is 0 Å². The van der Waals surface area contributed by atoms with Crippen molar-refractivity contribution < 1.29 is 21.6 Å². The quantitative estimate of drug-likeness (QED) is 0.680. The maximum absolute atomic E-state index is 12.0. The highest BCUT2D eigenvalue weighted by atomic mass is 32.2. The molecule has 0 atom stereocenters. The smallest absolute Gasteiger partial charge is 0.219 e. The van der Waals surface area contributed by atoms with Crippen LogP contribution in [0.15, 0.2) is 11.6 Å². The Bertz CT molecular complexity index is 327. The van der Waals surface area contributed by atoms with E-state index in [1.165, 1.54) is 0 Å². The van der Waals surface area contributed by atoms with E-state index in [1.54, 1.807) is 6.08 Å². The molecule has 6 heteroatoms. The molecule has 0 amide bonds. The fourth-order valence-corrected chi connectivity index (χ4v) is 2.28. The van der Waals surface area contributed by atoms with E-state index in [4.69, 9.17) is 0 Å². The van der Waals surface area contributed by atoms with Crippen LogP contribution in [0.25, 0.3) is 0 Å². The molecular weight excluding hydrogens is 217 g/mol. The predicted octanol–water partition coefficient (Wildman–Crippen LogP) is 2.42. The van der Waals surface area contributed by atoms with Crippen molar-refractivity contribution in [2.24, 2.45) is 0 Å². The van der Waals surface area contributed by atoms with Gasteiger partial charge in [-0.3, -0.25) is 0 Å². The molecule has 0 N–H and O–H groups in total. The lowest BCUT2D eigenvalue weighted by Crippen LogP contribution is -2.27. The zero-order valence-corrected chi connectivity index (χ0v) is 8.29. The van der Waals surface area contributed by atoms with Crippen LogP contribution in [0.1, 0.15) is 25.7 Å². The van der Waals surface area contributed by atoms with E-state index in [9.17, 15) is 21.6 Å². The lowest BCUT2D eigenvalue weighted by Gasteiger charge is -2.14. The summed E-state index contributed by atoms with van der Waals surface area (Å²) in [5, 5.41) is 0. The Morgan fingerprint density at radius 2 is 1.93 bits per heavy atom. The molecule has 0 heterocycles. The Balaban J connectivity index is 2.73. The average Bonchev–Trinajstić information content (AvgIpc) is 2.03. The summed E-state index contributed by atoms with van der Waals surface area (Å²) in [6.07, 6.45) is 4.46. The molecule has 2 nitrogen and oxygen atoms in total. The summed E-state index contributed by atoms with van der Waals surface area (Å²) >= 11 is 0. The highest BCUT2D eigenvalue weighted by molar-refractivity contribution is 7.92. The fraction of sp³-hybridized carbons (Fsp3) is 0.750. The minimum absolute atomic E-state index is 0.397. The highest BCUT2D eigenvalue weighted by Gasteiger charge is 2.45. The van der Waals surface area contributed by atoms with Crippen molar-refractivity contribution in [2.45, 2.75) is 31.2 Å². The van der Waals surface area contributed by atoms with Crippen molar-refractivity contribution in [1.29, 1.82) is 0 Å². The summed E-state index contributed by atoms with van der Waals surface area (Å²) < 4.78 is 57.4. The first-order valence-electron chi connectivity index (χ1n) is 4.30. The Morgan fingerprint density at radius 1 is 1.29 bits per heavy atom. The summed E-state index contributed by atoms with van der Waals surface area (Å²) in [6.45, 7) is 0. The van der Waals surface area contributed by atoms with Gasteiger partial charge >= 0.3 is 5.51 Å². The minimum Gasteiger partial charge on any atom is -0.219 e. The van der Waals surface area contributed by atoms with Gasteiger partial charge in [-0.2, -0.15) is 13.2 Å². The van der Waals surface area contributed by atoms with Crippen molar-refractivity contribution in [3.05, 3.63) is 11.6 Å². The molecule has 0 saturated carbocycles. The number of rotatable bonds is 2. The van der Waals surface area contributed by atoms with Crippen LogP contribution in [0, 0.1) is 0 Å². The van der Waals surface area contributed by atoms with Gasteiger partial charge in [0, 0.05) is 0 Å². The zero-order chi connectivity index (χ0) is 10.8.